The van der Waals surface area contributed by atoms with Gasteiger partial charge in [0, 0.05) is 10.9 Å². The lowest BCUT2D eigenvalue weighted by atomic mass is 9.95. The Morgan fingerprint density at radius 3 is 3.08 bits per heavy atom. The lowest BCUT2D eigenvalue weighted by molar-refractivity contribution is 0.0951. The third kappa shape index (κ3) is 1.23. The minimum absolute atomic E-state index is 0.433. The highest BCUT2D eigenvalue weighted by Gasteiger charge is 2.18. The van der Waals surface area contributed by atoms with Crippen molar-refractivity contribution in [3.63, 3.8) is 0 Å². The van der Waals surface area contributed by atoms with E-state index in [-0.39, 0.29) is 0 Å². The highest BCUT2D eigenvalue weighted by molar-refractivity contribution is 6.31. The minimum Gasteiger partial charge on any atom is -0.376 e. The predicted octanol–water partition coefficient (Wildman–Crippen LogP) is 2.97. The predicted molar refractivity (Wildman–Crippen MR) is 49.5 cm³/mol. The third-order valence-electron chi connectivity index (χ3n) is 2.26. The maximum absolute atomic E-state index is 6.08. The molecular weight excluding hydrogens is 172 g/mol. The van der Waals surface area contributed by atoms with Gasteiger partial charge < -0.3 is 4.74 Å². The summed E-state index contributed by atoms with van der Waals surface area (Å²) in [5.41, 5.74) is 2.51. The summed E-state index contributed by atoms with van der Waals surface area (Å²) >= 11 is 6.08. The van der Waals surface area contributed by atoms with Crippen LogP contribution in [0.3, 0.4) is 0 Å². The summed E-state index contributed by atoms with van der Waals surface area (Å²) in [4.78, 5) is 0. The molecule has 0 radical (unpaired) electrons. The summed E-state index contributed by atoms with van der Waals surface area (Å²) in [6, 6.07) is 6.00. The summed E-state index contributed by atoms with van der Waals surface area (Å²) in [6.45, 7) is 3.64. The fraction of sp³-hybridized carbons (Fsp3) is 0.400. The van der Waals surface area contributed by atoms with Crippen LogP contribution in [0.2, 0.25) is 5.02 Å². The molecule has 2 heteroatoms. The molecule has 1 aliphatic heterocycles. The molecule has 64 valence electrons. The van der Waals surface area contributed by atoms with Crippen molar-refractivity contribution < 1.29 is 4.74 Å². The summed E-state index contributed by atoms with van der Waals surface area (Å²) in [5, 5.41) is 0.878. The van der Waals surface area contributed by atoms with Crippen LogP contribution in [0.15, 0.2) is 18.2 Å². The molecule has 0 spiro atoms. The molecule has 0 aromatic heterocycles. The van der Waals surface area contributed by atoms with Crippen molar-refractivity contribution in [3.05, 3.63) is 34.3 Å². The lowest BCUT2D eigenvalue weighted by Crippen LogP contribution is -2.14. The Hall–Kier alpha value is -0.530. The zero-order valence-electron chi connectivity index (χ0n) is 7.01. The Morgan fingerprint density at radius 1 is 1.50 bits per heavy atom. The van der Waals surface area contributed by atoms with E-state index >= 15 is 0 Å². The van der Waals surface area contributed by atoms with Gasteiger partial charge in [-0.15, -0.1) is 0 Å². The Balaban J connectivity index is 2.53. The molecule has 1 aromatic carbocycles. The molecule has 2 rings (SSSR count). The Labute approximate surface area is 77.3 Å². The van der Waals surface area contributed by atoms with Crippen LogP contribution >= 0.6 is 11.6 Å². The minimum atomic E-state index is 0.433. The molecule has 0 bridgehead atoms. The topological polar surface area (TPSA) is 9.23 Å². The zero-order valence-corrected chi connectivity index (χ0v) is 7.77. The van der Waals surface area contributed by atoms with Crippen LogP contribution in [0.5, 0.6) is 0 Å². The van der Waals surface area contributed by atoms with Gasteiger partial charge in [0.25, 0.3) is 0 Å². The monoisotopic (exact) mass is 182 g/mol. The van der Waals surface area contributed by atoms with E-state index in [1.165, 1.54) is 11.1 Å². The molecular formula is C10H11ClO. The number of halogens is 1. The first-order valence-electron chi connectivity index (χ1n) is 4.14. The van der Waals surface area contributed by atoms with Crippen molar-refractivity contribution >= 4 is 11.6 Å². The normalized spacial score (nSPS) is 22.0. The molecule has 0 saturated heterocycles. The van der Waals surface area contributed by atoms with Gasteiger partial charge in [-0.05, 0) is 17.2 Å². The molecule has 1 unspecified atom stereocenters. The van der Waals surface area contributed by atoms with Gasteiger partial charge in [-0.3, -0.25) is 0 Å². The van der Waals surface area contributed by atoms with Crippen molar-refractivity contribution in [2.24, 2.45) is 0 Å². The summed E-state index contributed by atoms with van der Waals surface area (Å²) in [7, 11) is 0. The van der Waals surface area contributed by atoms with Gasteiger partial charge >= 0.3 is 0 Å². The average Bonchev–Trinajstić information content (AvgIpc) is 2.04. The van der Waals surface area contributed by atoms with Gasteiger partial charge in [0.15, 0.2) is 0 Å². The standard InChI is InChI=1S/C10H11ClO/c1-7-5-12-6-8-3-2-4-9(11)10(7)8/h2-4,7H,5-6H2,1H3. The van der Waals surface area contributed by atoms with E-state index in [0.29, 0.717) is 12.5 Å². The van der Waals surface area contributed by atoms with Gasteiger partial charge in [0.05, 0.1) is 13.2 Å². The summed E-state index contributed by atoms with van der Waals surface area (Å²) in [5.74, 6) is 0.433. The average molecular weight is 183 g/mol. The van der Waals surface area contributed by atoms with E-state index in [0.717, 1.165) is 11.6 Å². The quantitative estimate of drug-likeness (QED) is 0.600. The van der Waals surface area contributed by atoms with E-state index in [9.17, 15) is 0 Å². The largest absolute Gasteiger partial charge is 0.376 e. The number of hydrogen-bond acceptors (Lipinski definition) is 1. The maximum Gasteiger partial charge on any atom is 0.0720 e. The molecule has 0 amide bonds. The van der Waals surface area contributed by atoms with Crippen molar-refractivity contribution in [3.8, 4) is 0 Å². The van der Waals surface area contributed by atoms with Crippen LogP contribution < -0.4 is 0 Å². The number of rotatable bonds is 0. The molecule has 1 heterocycles. The Bertz CT molecular complexity index is 296. The zero-order chi connectivity index (χ0) is 8.55. The van der Waals surface area contributed by atoms with Gasteiger partial charge in [0.2, 0.25) is 0 Å². The van der Waals surface area contributed by atoms with Crippen LogP contribution in [-0.2, 0) is 11.3 Å². The van der Waals surface area contributed by atoms with E-state index in [1.54, 1.807) is 0 Å². The van der Waals surface area contributed by atoms with Gasteiger partial charge in [-0.25, -0.2) is 0 Å². The van der Waals surface area contributed by atoms with E-state index < -0.39 is 0 Å². The Morgan fingerprint density at radius 2 is 2.33 bits per heavy atom. The van der Waals surface area contributed by atoms with E-state index in [1.807, 2.05) is 12.1 Å². The third-order valence-corrected chi connectivity index (χ3v) is 2.59. The first-order chi connectivity index (χ1) is 5.79. The highest BCUT2D eigenvalue weighted by Crippen LogP contribution is 2.31. The smallest absolute Gasteiger partial charge is 0.0720 e. The highest BCUT2D eigenvalue weighted by atomic mass is 35.5. The van der Waals surface area contributed by atoms with Crippen molar-refractivity contribution in [2.75, 3.05) is 6.61 Å². The van der Waals surface area contributed by atoms with Gasteiger partial charge in [-0.1, -0.05) is 30.7 Å². The van der Waals surface area contributed by atoms with Crippen LogP contribution in [-0.4, -0.2) is 6.61 Å². The SMILES string of the molecule is CC1COCc2cccc(Cl)c21. The van der Waals surface area contributed by atoms with Crippen LogP contribution in [0.25, 0.3) is 0 Å². The van der Waals surface area contributed by atoms with Crippen molar-refractivity contribution in [2.45, 2.75) is 19.4 Å². The van der Waals surface area contributed by atoms with Gasteiger partial charge in [-0.2, -0.15) is 0 Å². The number of benzene rings is 1. The lowest BCUT2D eigenvalue weighted by Gasteiger charge is -2.23. The number of hydrogen-bond donors (Lipinski definition) is 0. The molecule has 1 aliphatic rings. The Kier molecular flexibility index (Phi) is 2.07. The second-order valence-electron chi connectivity index (χ2n) is 3.23. The van der Waals surface area contributed by atoms with Crippen LogP contribution in [0.4, 0.5) is 0 Å². The molecule has 0 saturated carbocycles. The summed E-state index contributed by atoms with van der Waals surface area (Å²) in [6.07, 6.45) is 0. The first-order valence-corrected chi connectivity index (χ1v) is 4.52. The summed E-state index contributed by atoms with van der Waals surface area (Å²) < 4.78 is 5.40. The van der Waals surface area contributed by atoms with Gasteiger partial charge in [0.1, 0.15) is 0 Å². The fourth-order valence-electron chi connectivity index (χ4n) is 1.69. The molecule has 1 aromatic rings. The van der Waals surface area contributed by atoms with Crippen LogP contribution in [0, 0.1) is 0 Å². The van der Waals surface area contributed by atoms with E-state index in [4.69, 9.17) is 16.3 Å². The number of ether oxygens (including phenoxy) is 1. The molecule has 12 heavy (non-hydrogen) atoms. The number of fused-ring (bicyclic) bond motifs is 1. The molecule has 0 aliphatic carbocycles. The van der Waals surface area contributed by atoms with Crippen molar-refractivity contribution in [1.29, 1.82) is 0 Å². The second kappa shape index (κ2) is 3.08. The fourth-order valence-corrected chi connectivity index (χ4v) is 2.07. The van der Waals surface area contributed by atoms with Crippen LogP contribution in [0.1, 0.15) is 24.0 Å². The molecule has 0 fully saturated rings. The maximum atomic E-state index is 6.08. The molecule has 1 nitrogen and oxygen atoms in total. The second-order valence-corrected chi connectivity index (χ2v) is 3.64. The first kappa shape index (κ1) is 8.09. The molecule has 1 atom stereocenters. The van der Waals surface area contributed by atoms with E-state index in [2.05, 4.69) is 13.0 Å². The molecule has 0 N–H and O–H groups in total. The van der Waals surface area contributed by atoms with Crippen molar-refractivity contribution in [1.82, 2.24) is 0 Å².